The molecule has 5 nitrogen and oxygen atoms in total. The van der Waals surface area contributed by atoms with Crippen LogP contribution in [-0.4, -0.2) is 17.8 Å². The Bertz CT molecular complexity index is 669. The molecular weight excluding hydrogens is 280 g/mol. The Morgan fingerprint density at radius 2 is 1.75 bits per heavy atom. The van der Waals surface area contributed by atoms with Crippen LogP contribution in [0.4, 0.5) is 11.4 Å². The molecule has 20 heavy (non-hydrogen) atoms. The van der Waals surface area contributed by atoms with E-state index >= 15 is 0 Å². The number of benzene rings is 2. The van der Waals surface area contributed by atoms with Crippen LogP contribution in [0.25, 0.3) is 0 Å². The first-order valence-corrected chi connectivity index (χ1v) is 6.17. The molecule has 0 aromatic heterocycles. The average molecular weight is 291 g/mol. The minimum atomic E-state index is -0.498. The van der Waals surface area contributed by atoms with E-state index in [0.29, 0.717) is 21.8 Å². The van der Waals surface area contributed by atoms with E-state index in [1.54, 1.807) is 31.3 Å². The van der Waals surface area contributed by atoms with Crippen molar-refractivity contribution in [2.75, 3.05) is 12.4 Å². The maximum atomic E-state index is 12.3. The standard InChI is InChI=1S/C14H11ClN2O3/c1-16-12-8-10(4-7-13(12)17(19)20)14(18)9-2-5-11(15)6-3-9/h2-8,16H,1H3. The maximum Gasteiger partial charge on any atom is 0.292 e. The first-order valence-electron chi connectivity index (χ1n) is 5.79. The van der Waals surface area contributed by atoms with Crippen LogP contribution in [0.5, 0.6) is 0 Å². The summed E-state index contributed by atoms with van der Waals surface area (Å²) < 4.78 is 0. The molecule has 2 aromatic rings. The first kappa shape index (κ1) is 14.0. The average Bonchev–Trinajstić information content (AvgIpc) is 2.46. The Labute approximate surface area is 120 Å². The number of nitro groups is 1. The number of carbonyl (C=O) groups is 1. The second-order valence-electron chi connectivity index (χ2n) is 4.08. The summed E-state index contributed by atoms with van der Waals surface area (Å²) in [6.07, 6.45) is 0. The van der Waals surface area contributed by atoms with Crippen molar-refractivity contribution < 1.29 is 9.72 Å². The number of carbonyl (C=O) groups excluding carboxylic acids is 1. The minimum Gasteiger partial charge on any atom is -0.383 e. The summed E-state index contributed by atoms with van der Waals surface area (Å²) in [6, 6.07) is 10.7. The van der Waals surface area contributed by atoms with Crippen LogP contribution in [-0.2, 0) is 0 Å². The zero-order valence-electron chi connectivity index (χ0n) is 10.6. The predicted octanol–water partition coefficient (Wildman–Crippen LogP) is 3.52. The van der Waals surface area contributed by atoms with E-state index in [0.717, 1.165) is 0 Å². The molecule has 0 bridgehead atoms. The Balaban J connectivity index is 2.40. The van der Waals surface area contributed by atoms with E-state index in [2.05, 4.69) is 5.32 Å². The molecule has 0 unspecified atom stereocenters. The van der Waals surface area contributed by atoms with Gasteiger partial charge in [0.05, 0.1) is 4.92 Å². The van der Waals surface area contributed by atoms with Crippen LogP contribution in [0.2, 0.25) is 5.02 Å². The van der Waals surface area contributed by atoms with Crippen LogP contribution in [0.3, 0.4) is 0 Å². The van der Waals surface area contributed by atoms with E-state index in [1.165, 1.54) is 18.2 Å². The molecule has 0 radical (unpaired) electrons. The van der Waals surface area contributed by atoms with Gasteiger partial charge in [-0.15, -0.1) is 0 Å². The molecule has 0 saturated carbocycles. The Morgan fingerprint density at radius 3 is 2.30 bits per heavy atom. The number of nitrogens with one attached hydrogen (secondary N) is 1. The third kappa shape index (κ3) is 2.78. The highest BCUT2D eigenvalue weighted by atomic mass is 35.5. The van der Waals surface area contributed by atoms with Crippen molar-refractivity contribution in [3.05, 3.63) is 68.7 Å². The van der Waals surface area contributed by atoms with E-state index in [9.17, 15) is 14.9 Å². The van der Waals surface area contributed by atoms with Crippen LogP contribution >= 0.6 is 11.6 Å². The summed E-state index contributed by atoms with van der Waals surface area (Å²) in [5, 5.41) is 14.1. The molecule has 0 fully saturated rings. The molecule has 2 aromatic carbocycles. The van der Waals surface area contributed by atoms with Gasteiger partial charge in [-0.05, 0) is 36.4 Å². The van der Waals surface area contributed by atoms with E-state index in [1.807, 2.05) is 0 Å². The number of halogens is 1. The molecule has 0 aliphatic heterocycles. The summed E-state index contributed by atoms with van der Waals surface area (Å²) in [4.78, 5) is 22.6. The largest absolute Gasteiger partial charge is 0.383 e. The molecular formula is C14H11ClN2O3. The first-order chi connectivity index (χ1) is 9.52. The van der Waals surface area contributed by atoms with E-state index in [-0.39, 0.29) is 11.5 Å². The van der Waals surface area contributed by atoms with Crippen molar-refractivity contribution in [1.82, 2.24) is 0 Å². The van der Waals surface area contributed by atoms with E-state index in [4.69, 9.17) is 11.6 Å². The fraction of sp³-hybridized carbons (Fsp3) is 0.0714. The van der Waals surface area contributed by atoms with Crippen molar-refractivity contribution >= 4 is 28.8 Å². The topological polar surface area (TPSA) is 72.2 Å². The van der Waals surface area contributed by atoms with Gasteiger partial charge in [-0.2, -0.15) is 0 Å². The van der Waals surface area contributed by atoms with Crippen molar-refractivity contribution in [2.45, 2.75) is 0 Å². The quantitative estimate of drug-likeness (QED) is 0.531. The zero-order chi connectivity index (χ0) is 14.7. The summed E-state index contributed by atoms with van der Waals surface area (Å²) in [5.41, 5.74) is 1.09. The number of hydrogen-bond donors (Lipinski definition) is 1. The fourth-order valence-corrected chi connectivity index (χ4v) is 1.93. The molecule has 102 valence electrons. The van der Waals surface area contributed by atoms with Gasteiger partial charge in [0.15, 0.2) is 5.78 Å². The molecule has 0 amide bonds. The number of anilines is 1. The summed E-state index contributed by atoms with van der Waals surface area (Å²) in [6.45, 7) is 0. The number of hydrogen-bond acceptors (Lipinski definition) is 4. The van der Waals surface area contributed by atoms with Crippen molar-refractivity contribution in [1.29, 1.82) is 0 Å². The molecule has 0 saturated heterocycles. The van der Waals surface area contributed by atoms with Gasteiger partial charge in [0.2, 0.25) is 0 Å². The molecule has 0 atom stereocenters. The van der Waals surface area contributed by atoms with E-state index < -0.39 is 4.92 Å². The second kappa shape index (κ2) is 5.71. The van der Waals surface area contributed by atoms with Gasteiger partial charge >= 0.3 is 0 Å². The van der Waals surface area contributed by atoms with Gasteiger partial charge in [-0.1, -0.05) is 11.6 Å². The Morgan fingerprint density at radius 1 is 1.15 bits per heavy atom. The number of rotatable bonds is 4. The van der Waals surface area contributed by atoms with Crippen molar-refractivity contribution in [3.8, 4) is 0 Å². The highest BCUT2D eigenvalue weighted by Crippen LogP contribution is 2.26. The molecule has 0 spiro atoms. The van der Waals surface area contributed by atoms with Crippen LogP contribution in [0.1, 0.15) is 15.9 Å². The number of nitrogens with zero attached hydrogens (tertiary/aromatic N) is 1. The summed E-state index contributed by atoms with van der Waals surface area (Å²) >= 11 is 5.77. The van der Waals surface area contributed by atoms with Crippen LogP contribution in [0, 0.1) is 10.1 Å². The van der Waals surface area contributed by atoms with Crippen LogP contribution in [0.15, 0.2) is 42.5 Å². The molecule has 1 N–H and O–H groups in total. The SMILES string of the molecule is CNc1cc(C(=O)c2ccc(Cl)cc2)ccc1[N+](=O)[O-]. The summed E-state index contributed by atoms with van der Waals surface area (Å²) in [5.74, 6) is -0.215. The van der Waals surface area contributed by atoms with Gasteiger partial charge in [0.25, 0.3) is 5.69 Å². The van der Waals surface area contributed by atoms with Crippen molar-refractivity contribution in [2.24, 2.45) is 0 Å². The van der Waals surface area contributed by atoms with Gasteiger partial charge in [0, 0.05) is 29.3 Å². The fourth-order valence-electron chi connectivity index (χ4n) is 1.80. The normalized spacial score (nSPS) is 10.1. The third-order valence-electron chi connectivity index (χ3n) is 2.83. The third-order valence-corrected chi connectivity index (χ3v) is 3.08. The predicted molar refractivity (Wildman–Crippen MR) is 77.5 cm³/mol. The highest BCUT2D eigenvalue weighted by molar-refractivity contribution is 6.30. The monoisotopic (exact) mass is 290 g/mol. The van der Waals surface area contributed by atoms with Crippen LogP contribution < -0.4 is 5.32 Å². The van der Waals surface area contributed by atoms with Crippen molar-refractivity contribution in [3.63, 3.8) is 0 Å². The van der Waals surface area contributed by atoms with Gasteiger partial charge in [0.1, 0.15) is 5.69 Å². The number of ketones is 1. The molecule has 0 heterocycles. The lowest BCUT2D eigenvalue weighted by molar-refractivity contribution is -0.383. The minimum absolute atomic E-state index is 0.0693. The lowest BCUT2D eigenvalue weighted by atomic mass is 10.0. The lowest BCUT2D eigenvalue weighted by Crippen LogP contribution is -2.04. The highest BCUT2D eigenvalue weighted by Gasteiger charge is 2.16. The maximum absolute atomic E-state index is 12.3. The molecule has 2 rings (SSSR count). The zero-order valence-corrected chi connectivity index (χ0v) is 11.3. The molecule has 6 heteroatoms. The second-order valence-corrected chi connectivity index (χ2v) is 4.51. The lowest BCUT2D eigenvalue weighted by Gasteiger charge is -2.05. The van der Waals surface area contributed by atoms with Gasteiger partial charge in [-0.25, -0.2) is 0 Å². The Kier molecular flexibility index (Phi) is 4.00. The van der Waals surface area contributed by atoms with Gasteiger partial charge < -0.3 is 5.32 Å². The molecule has 0 aliphatic rings. The van der Waals surface area contributed by atoms with Gasteiger partial charge in [-0.3, -0.25) is 14.9 Å². The summed E-state index contributed by atoms with van der Waals surface area (Å²) in [7, 11) is 1.57. The smallest absolute Gasteiger partial charge is 0.292 e. The molecule has 0 aliphatic carbocycles. The number of nitro benzene ring substituents is 1. The Hall–Kier alpha value is -2.40.